The first-order valence-corrected chi connectivity index (χ1v) is 8.32. The Kier molecular flexibility index (Phi) is 3.77. The van der Waals surface area contributed by atoms with E-state index in [0.29, 0.717) is 11.0 Å². The maximum Gasteiger partial charge on any atom is 0.416 e. The van der Waals surface area contributed by atoms with Gasteiger partial charge in [-0.05, 0) is 54.6 Å². The van der Waals surface area contributed by atoms with E-state index in [1.165, 1.54) is 12.1 Å². The largest absolute Gasteiger partial charge is 0.416 e. The molecule has 124 valence electrons. The van der Waals surface area contributed by atoms with Crippen molar-refractivity contribution in [2.45, 2.75) is 6.18 Å². The summed E-state index contributed by atoms with van der Waals surface area (Å²) >= 11 is 1.61. The molecule has 25 heavy (non-hydrogen) atoms. The van der Waals surface area contributed by atoms with Crippen molar-refractivity contribution in [3.8, 4) is 10.6 Å². The van der Waals surface area contributed by atoms with Gasteiger partial charge in [0, 0.05) is 0 Å². The zero-order chi connectivity index (χ0) is 17.4. The number of nitrogens with zero attached hydrogens (tertiary/aromatic N) is 2. The van der Waals surface area contributed by atoms with Gasteiger partial charge in [-0.15, -0.1) is 11.3 Å². The lowest BCUT2D eigenvalue weighted by Gasteiger charge is -2.06. The fourth-order valence-electron chi connectivity index (χ4n) is 2.50. The molecule has 0 fully saturated rings. The molecule has 2 aromatic carbocycles. The second-order valence-corrected chi connectivity index (χ2v) is 6.57. The molecule has 2 aliphatic rings. The molecule has 1 heterocycles. The SMILES string of the molecule is FC(F)(F)c1ccc(N=c2ccc3nc4ccccc4sc-3c2)cc1. The highest BCUT2D eigenvalue weighted by Crippen LogP contribution is 2.31. The van der Waals surface area contributed by atoms with Crippen LogP contribution in [-0.4, -0.2) is 4.98 Å². The molecule has 6 heteroatoms. The molecule has 1 aliphatic carbocycles. The number of rotatable bonds is 1. The highest BCUT2D eigenvalue weighted by molar-refractivity contribution is 7.21. The Balaban J connectivity index is 1.77. The van der Waals surface area contributed by atoms with Gasteiger partial charge < -0.3 is 0 Å². The smallest absolute Gasteiger partial charge is 0.249 e. The van der Waals surface area contributed by atoms with Gasteiger partial charge >= 0.3 is 6.18 Å². The number of hydrogen-bond acceptors (Lipinski definition) is 3. The van der Waals surface area contributed by atoms with Crippen LogP contribution in [0.4, 0.5) is 18.9 Å². The summed E-state index contributed by atoms with van der Waals surface area (Å²) in [5.74, 6) is 0. The molecule has 0 unspecified atom stereocenters. The predicted octanol–water partition coefficient (Wildman–Crippen LogP) is 5.65. The Labute approximate surface area is 145 Å². The van der Waals surface area contributed by atoms with E-state index in [2.05, 4.69) is 9.98 Å². The van der Waals surface area contributed by atoms with Crippen LogP contribution in [0.25, 0.3) is 20.8 Å². The lowest BCUT2D eigenvalue weighted by atomic mass is 10.2. The van der Waals surface area contributed by atoms with Gasteiger partial charge in [0.2, 0.25) is 0 Å². The molecule has 0 saturated carbocycles. The summed E-state index contributed by atoms with van der Waals surface area (Å²) in [5, 5.41) is 0.681. The second-order valence-electron chi connectivity index (χ2n) is 5.49. The van der Waals surface area contributed by atoms with Crippen LogP contribution in [-0.2, 0) is 6.18 Å². The Morgan fingerprint density at radius 1 is 0.880 bits per heavy atom. The average Bonchev–Trinajstić information content (AvgIpc) is 2.59. The minimum Gasteiger partial charge on any atom is -0.249 e. The second kappa shape index (κ2) is 5.97. The third-order valence-electron chi connectivity index (χ3n) is 3.72. The number of aromatic nitrogens is 1. The van der Waals surface area contributed by atoms with E-state index in [9.17, 15) is 13.2 Å². The molecule has 0 amide bonds. The van der Waals surface area contributed by atoms with Crippen LogP contribution in [0.3, 0.4) is 0 Å². The molecule has 0 N–H and O–H groups in total. The summed E-state index contributed by atoms with van der Waals surface area (Å²) in [6.45, 7) is 0. The van der Waals surface area contributed by atoms with Gasteiger partial charge in [-0.25, -0.2) is 9.98 Å². The van der Waals surface area contributed by atoms with Gasteiger partial charge in [-0.3, -0.25) is 0 Å². The monoisotopic (exact) mass is 356 g/mol. The van der Waals surface area contributed by atoms with Gasteiger partial charge in [0.1, 0.15) is 0 Å². The standard InChI is InChI=1S/C19H11F3N2S/c20-19(21,22)12-5-7-13(8-6-12)23-14-9-10-16-18(11-14)25-17-4-2-1-3-15(17)24-16/h1-11H. The van der Waals surface area contributed by atoms with Gasteiger partial charge in [0.15, 0.2) is 0 Å². The third-order valence-corrected chi connectivity index (χ3v) is 4.83. The molecular formula is C19H11F3N2S. The lowest BCUT2D eigenvalue weighted by molar-refractivity contribution is -0.137. The highest BCUT2D eigenvalue weighted by atomic mass is 32.1. The Bertz CT molecular complexity index is 1080. The minimum atomic E-state index is -4.34. The van der Waals surface area contributed by atoms with E-state index in [4.69, 9.17) is 0 Å². The zero-order valence-corrected chi connectivity index (χ0v) is 13.6. The zero-order valence-electron chi connectivity index (χ0n) is 12.8. The molecule has 0 spiro atoms. The first kappa shape index (κ1) is 15.8. The normalized spacial score (nSPS) is 12.8. The van der Waals surface area contributed by atoms with Crippen LogP contribution in [0.15, 0.2) is 71.7 Å². The third kappa shape index (κ3) is 3.25. The summed E-state index contributed by atoms with van der Waals surface area (Å²) < 4.78 is 38.9. The molecular weight excluding hydrogens is 345 g/mol. The maximum absolute atomic E-state index is 12.6. The fourth-order valence-corrected chi connectivity index (χ4v) is 3.50. The Morgan fingerprint density at radius 2 is 1.64 bits per heavy atom. The van der Waals surface area contributed by atoms with Crippen molar-refractivity contribution in [3.05, 3.63) is 77.7 Å². The molecule has 1 aliphatic heterocycles. The molecule has 0 bridgehead atoms. The first-order chi connectivity index (χ1) is 12.0. The van der Waals surface area contributed by atoms with Gasteiger partial charge in [-0.1, -0.05) is 12.1 Å². The number of alkyl halides is 3. The Morgan fingerprint density at radius 3 is 2.40 bits per heavy atom. The fraction of sp³-hybridized carbons (Fsp3) is 0.0526. The van der Waals surface area contributed by atoms with E-state index in [0.717, 1.165) is 32.9 Å². The van der Waals surface area contributed by atoms with Crippen molar-refractivity contribution in [3.63, 3.8) is 0 Å². The molecule has 0 saturated heterocycles. The average molecular weight is 356 g/mol. The Hall–Kier alpha value is -2.73. The number of benzene rings is 3. The topological polar surface area (TPSA) is 25.2 Å². The quantitative estimate of drug-likeness (QED) is 0.405. The summed E-state index contributed by atoms with van der Waals surface area (Å²) in [5.41, 5.74) is 1.61. The minimum absolute atomic E-state index is 0.478. The van der Waals surface area contributed by atoms with Crippen molar-refractivity contribution in [2.75, 3.05) is 0 Å². The maximum atomic E-state index is 12.6. The van der Waals surface area contributed by atoms with E-state index in [-0.39, 0.29) is 0 Å². The van der Waals surface area contributed by atoms with Crippen molar-refractivity contribution >= 4 is 27.2 Å². The van der Waals surface area contributed by atoms with E-state index in [1.54, 1.807) is 11.3 Å². The van der Waals surface area contributed by atoms with Gasteiger partial charge in [0.05, 0.1) is 37.4 Å². The van der Waals surface area contributed by atoms with Crippen molar-refractivity contribution < 1.29 is 13.2 Å². The number of para-hydroxylation sites is 1. The molecule has 4 rings (SSSR count). The highest BCUT2D eigenvalue weighted by Gasteiger charge is 2.29. The van der Waals surface area contributed by atoms with Crippen molar-refractivity contribution in [1.29, 1.82) is 0 Å². The van der Waals surface area contributed by atoms with Crippen LogP contribution in [0.2, 0.25) is 0 Å². The molecule has 2 nitrogen and oxygen atoms in total. The van der Waals surface area contributed by atoms with Gasteiger partial charge in [0.25, 0.3) is 0 Å². The number of halogens is 3. The predicted molar refractivity (Wildman–Crippen MR) is 92.9 cm³/mol. The van der Waals surface area contributed by atoms with Crippen LogP contribution in [0.5, 0.6) is 0 Å². The van der Waals surface area contributed by atoms with Crippen molar-refractivity contribution in [1.82, 2.24) is 4.98 Å². The van der Waals surface area contributed by atoms with Crippen LogP contribution < -0.4 is 5.36 Å². The summed E-state index contributed by atoms with van der Waals surface area (Å²) in [7, 11) is 0. The van der Waals surface area contributed by atoms with Crippen LogP contribution in [0.1, 0.15) is 5.56 Å². The van der Waals surface area contributed by atoms with Crippen LogP contribution in [0, 0.1) is 0 Å². The first-order valence-electron chi connectivity index (χ1n) is 7.51. The lowest BCUT2D eigenvalue weighted by Crippen LogP contribution is -2.04. The van der Waals surface area contributed by atoms with E-state index < -0.39 is 11.7 Å². The van der Waals surface area contributed by atoms with E-state index >= 15 is 0 Å². The van der Waals surface area contributed by atoms with Crippen LogP contribution >= 0.6 is 11.3 Å². The number of fused-ring (bicyclic) bond motifs is 2. The number of hydrogen-bond donors (Lipinski definition) is 0. The molecule has 0 aromatic heterocycles. The molecule has 0 atom stereocenters. The summed E-state index contributed by atoms with van der Waals surface area (Å²) in [6.07, 6.45) is -4.34. The summed E-state index contributed by atoms with van der Waals surface area (Å²) in [6, 6.07) is 18.3. The van der Waals surface area contributed by atoms with Gasteiger partial charge in [-0.2, -0.15) is 13.2 Å². The van der Waals surface area contributed by atoms with Crippen molar-refractivity contribution in [2.24, 2.45) is 4.99 Å². The molecule has 2 aromatic rings. The van der Waals surface area contributed by atoms with E-state index in [1.807, 2.05) is 42.5 Å². The molecule has 0 radical (unpaired) electrons. The summed E-state index contributed by atoms with van der Waals surface area (Å²) in [4.78, 5) is 9.99.